The molecule has 17 heavy (non-hydrogen) atoms. The minimum atomic E-state index is 0.422. The molecule has 2 rings (SSSR count). The zero-order valence-electron chi connectivity index (χ0n) is 11.7. The van der Waals surface area contributed by atoms with E-state index in [9.17, 15) is 5.11 Å². The molecule has 1 nitrogen and oxygen atoms in total. The molecular formula is C16H26O. The molecule has 1 fully saturated rings. The van der Waals surface area contributed by atoms with E-state index in [2.05, 4.69) is 6.92 Å². The van der Waals surface area contributed by atoms with Gasteiger partial charge in [0.1, 0.15) is 5.75 Å². The van der Waals surface area contributed by atoms with Gasteiger partial charge < -0.3 is 5.11 Å². The van der Waals surface area contributed by atoms with Crippen molar-refractivity contribution in [1.82, 2.24) is 0 Å². The van der Waals surface area contributed by atoms with Crippen molar-refractivity contribution in [2.45, 2.75) is 59.8 Å². The lowest BCUT2D eigenvalue weighted by molar-refractivity contribution is 0.385. The highest BCUT2D eigenvalue weighted by molar-refractivity contribution is 5.41. The molecule has 0 heterocycles. The van der Waals surface area contributed by atoms with Crippen LogP contribution in [0.2, 0.25) is 0 Å². The van der Waals surface area contributed by atoms with Crippen molar-refractivity contribution in [2.75, 3.05) is 0 Å². The van der Waals surface area contributed by atoms with Gasteiger partial charge in [-0.15, -0.1) is 0 Å². The molecule has 1 saturated carbocycles. The van der Waals surface area contributed by atoms with E-state index in [-0.39, 0.29) is 0 Å². The van der Waals surface area contributed by atoms with Crippen molar-refractivity contribution < 1.29 is 5.11 Å². The van der Waals surface area contributed by atoms with Crippen molar-refractivity contribution in [3.05, 3.63) is 28.8 Å². The van der Waals surface area contributed by atoms with E-state index in [0.717, 1.165) is 17.0 Å². The molecular weight excluding hydrogens is 208 g/mol. The van der Waals surface area contributed by atoms with Crippen LogP contribution >= 0.6 is 0 Å². The summed E-state index contributed by atoms with van der Waals surface area (Å²) in [7, 11) is 0. The van der Waals surface area contributed by atoms with Crippen LogP contribution in [-0.4, -0.2) is 5.11 Å². The molecule has 0 unspecified atom stereocenters. The van der Waals surface area contributed by atoms with Gasteiger partial charge in [-0.2, -0.15) is 0 Å². The molecule has 0 aliphatic heterocycles. The van der Waals surface area contributed by atoms with Crippen LogP contribution in [0.1, 0.15) is 55.7 Å². The van der Waals surface area contributed by atoms with E-state index < -0.39 is 0 Å². The van der Waals surface area contributed by atoms with E-state index in [0.29, 0.717) is 5.75 Å². The quantitative estimate of drug-likeness (QED) is 0.676. The van der Waals surface area contributed by atoms with Crippen LogP contribution in [0.5, 0.6) is 5.75 Å². The maximum atomic E-state index is 9.33. The Labute approximate surface area is 106 Å². The largest absolute Gasteiger partial charge is 0.507 e. The number of aromatic hydroxyl groups is 1. The summed E-state index contributed by atoms with van der Waals surface area (Å²) in [5.41, 5.74) is 3.11. The molecule has 1 aliphatic carbocycles. The van der Waals surface area contributed by atoms with Crippen LogP contribution in [-0.2, 0) is 0 Å². The summed E-state index contributed by atoms with van der Waals surface area (Å²) in [6.45, 7) is 8.21. The standard InChI is InChI=1S/C9H12O.C7H14/c1-6-4-7(2)9(10)8(3)5-6;1-7-5-3-2-4-6-7/h4-5,10H,1-3H3;7H,2-6H2,1H3. The first kappa shape index (κ1) is 14.1. The molecule has 0 amide bonds. The van der Waals surface area contributed by atoms with Crippen LogP contribution in [0.4, 0.5) is 0 Å². The minimum absolute atomic E-state index is 0.422. The third-order valence-corrected chi connectivity index (χ3v) is 3.53. The predicted molar refractivity (Wildman–Crippen MR) is 74.6 cm³/mol. The number of phenols is 1. The van der Waals surface area contributed by atoms with E-state index in [1.807, 2.05) is 32.9 Å². The Morgan fingerprint density at radius 3 is 1.76 bits per heavy atom. The van der Waals surface area contributed by atoms with Crippen LogP contribution in [0, 0.1) is 26.7 Å². The van der Waals surface area contributed by atoms with Crippen molar-refractivity contribution in [1.29, 1.82) is 0 Å². The summed E-state index contributed by atoms with van der Waals surface area (Å²) >= 11 is 0. The summed E-state index contributed by atoms with van der Waals surface area (Å²) < 4.78 is 0. The van der Waals surface area contributed by atoms with Gasteiger partial charge in [0.25, 0.3) is 0 Å². The Hall–Kier alpha value is -0.980. The van der Waals surface area contributed by atoms with Crippen LogP contribution in [0.25, 0.3) is 0 Å². The Balaban J connectivity index is 0.000000181. The molecule has 0 spiro atoms. The molecule has 0 atom stereocenters. The maximum absolute atomic E-state index is 9.33. The molecule has 1 aliphatic rings. The smallest absolute Gasteiger partial charge is 0.121 e. The van der Waals surface area contributed by atoms with Crippen LogP contribution in [0.3, 0.4) is 0 Å². The average molecular weight is 234 g/mol. The van der Waals surface area contributed by atoms with Crippen molar-refractivity contribution in [2.24, 2.45) is 5.92 Å². The first-order chi connectivity index (χ1) is 8.00. The Morgan fingerprint density at radius 2 is 1.41 bits per heavy atom. The second-order valence-electron chi connectivity index (χ2n) is 5.49. The van der Waals surface area contributed by atoms with Crippen molar-refractivity contribution >= 4 is 0 Å². The fourth-order valence-electron chi connectivity index (χ4n) is 2.48. The number of aryl methyl sites for hydroxylation is 3. The van der Waals surface area contributed by atoms with Gasteiger partial charge in [-0.3, -0.25) is 0 Å². The normalized spacial score (nSPS) is 16.2. The van der Waals surface area contributed by atoms with Crippen molar-refractivity contribution in [3.63, 3.8) is 0 Å². The fourth-order valence-corrected chi connectivity index (χ4v) is 2.48. The first-order valence-electron chi connectivity index (χ1n) is 6.77. The third kappa shape index (κ3) is 4.80. The Bertz CT molecular complexity index is 326. The lowest BCUT2D eigenvalue weighted by Gasteiger charge is -2.15. The lowest BCUT2D eigenvalue weighted by atomic mass is 9.91. The van der Waals surface area contributed by atoms with Gasteiger partial charge in [0.05, 0.1) is 0 Å². The zero-order valence-corrected chi connectivity index (χ0v) is 11.7. The van der Waals surface area contributed by atoms with Gasteiger partial charge in [-0.05, 0) is 37.8 Å². The number of hydrogen-bond acceptors (Lipinski definition) is 1. The highest BCUT2D eigenvalue weighted by Crippen LogP contribution is 2.22. The Morgan fingerprint density at radius 1 is 0.941 bits per heavy atom. The molecule has 0 aromatic heterocycles. The van der Waals surface area contributed by atoms with E-state index in [1.165, 1.54) is 37.7 Å². The predicted octanol–water partition coefficient (Wildman–Crippen LogP) is 4.90. The average Bonchev–Trinajstić information content (AvgIpc) is 2.27. The minimum Gasteiger partial charge on any atom is -0.507 e. The van der Waals surface area contributed by atoms with E-state index in [4.69, 9.17) is 0 Å². The van der Waals surface area contributed by atoms with Crippen molar-refractivity contribution in [3.8, 4) is 5.75 Å². The molecule has 1 N–H and O–H groups in total. The zero-order chi connectivity index (χ0) is 12.8. The molecule has 0 saturated heterocycles. The summed E-state index contributed by atoms with van der Waals surface area (Å²) in [5, 5.41) is 9.33. The molecule has 0 radical (unpaired) electrons. The second-order valence-corrected chi connectivity index (χ2v) is 5.49. The SMILES string of the molecule is CC1CCCCC1.Cc1cc(C)c(O)c(C)c1. The van der Waals surface area contributed by atoms with E-state index in [1.54, 1.807) is 0 Å². The third-order valence-electron chi connectivity index (χ3n) is 3.53. The van der Waals surface area contributed by atoms with Gasteiger partial charge in [-0.1, -0.05) is 56.7 Å². The number of phenolic OH excluding ortho intramolecular Hbond substituents is 1. The van der Waals surface area contributed by atoms with Gasteiger partial charge in [-0.25, -0.2) is 0 Å². The summed E-state index contributed by atoms with van der Waals surface area (Å²) in [4.78, 5) is 0. The van der Waals surface area contributed by atoms with E-state index >= 15 is 0 Å². The molecule has 1 aromatic rings. The summed E-state index contributed by atoms with van der Waals surface area (Å²) in [5.74, 6) is 1.46. The van der Waals surface area contributed by atoms with Gasteiger partial charge >= 0.3 is 0 Å². The lowest BCUT2D eigenvalue weighted by Crippen LogP contribution is -1.99. The summed E-state index contributed by atoms with van der Waals surface area (Å²) in [6, 6.07) is 3.95. The van der Waals surface area contributed by atoms with Crippen LogP contribution < -0.4 is 0 Å². The summed E-state index contributed by atoms with van der Waals surface area (Å²) in [6.07, 6.45) is 7.44. The number of hydrogen-bond donors (Lipinski definition) is 1. The van der Waals surface area contributed by atoms with Crippen LogP contribution in [0.15, 0.2) is 12.1 Å². The first-order valence-corrected chi connectivity index (χ1v) is 6.77. The second kappa shape index (κ2) is 6.68. The highest BCUT2D eigenvalue weighted by atomic mass is 16.3. The Kier molecular flexibility index (Phi) is 5.54. The highest BCUT2D eigenvalue weighted by Gasteiger charge is 2.05. The molecule has 96 valence electrons. The van der Waals surface area contributed by atoms with Gasteiger partial charge in [0, 0.05) is 0 Å². The molecule has 0 bridgehead atoms. The van der Waals surface area contributed by atoms with Gasteiger partial charge in [0.2, 0.25) is 0 Å². The maximum Gasteiger partial charge on any atom is 0.121 e. The van der Waals surface area contributed by atoms with Gasteiger partial charge in [0.15, 0.2) is 0 Å². The topological polar surface area (TPSA) is 20.2 Å². The number of rotatable bonds is 0. The number of benzene rings is 1. The molecule has 1 aromatic carbocycles. The monoisotopic (exact) mass is 234 g/mol. The fraction of sp³-hybridized carbons (Fsp3) is 0.625. The molecule has 1 heteroatoms.